The van der Waals surface area contributed by atoms with Gasteiger partial charge in [0.25, 0.3) is 0 Å². The van der Waals surface area contributed by atoms with Gasteiger partial charge in [-0.15, -0.1) is 0 Å². The van der Waals surface area contributed by atoms with Crippen LogP contribution < -0.4 is 11.1 Å². The second kappa shape index (κ2) is 7.14. The molecule has 1 aliphatic carbocycles. The third-order valence-corrected chi connectivity index (χ3v) is 3.95. The molecule has 2 atom stereocenters. The molecular formula is C11H22N2O2S. The normalized spacial score (nSPS) is 19.4. The topological polar surface area (TPSA) is 75.3 Å². The summed E-state index contributed by atoms with van der Waals surface area (Å²) in [5.41, 5.74) is 5.33. The van der Waals surface area contributed by atoms with E-state index in [1.807, 2.05) is 6.92 Å². The van der Waals surface area contributed by atoms with Gasteiger partial charge in [0.1, 0.15) is 0 Å². The molecule has 0 bridgehead atoms. The number of aliphatic hydroxyl groups is 1. The van der Waals surface area contributed by atoms with Crippen LogP contribution in [0.25, 0.3) is 0 Å². The number of hydrogen-bond acceptors (Lipinski definition) is 4. The summed E-state index contributed by atoms with van der Waals surface area (Å²) in [6.45, 7) is 2.24. The van der Waals surface area contributed by atoms with Crippen LogP contribution in [0.4, 0.5) is 0 Å². The van der Waals surface area contributed by atoms with Crippen LogP contribution in [0.3, 0.4) is 0 Å². The van der Waals surface area contributed by atoms with Gasteiger partial charge < -0.3 is 16.2 Å². The molecule has 1 fully saturated rings. The molecule has 4 nitrogen and oxygen atoms in total. The van der Waals surface area contributed by atoms with E-state index in [1.54, 1.807) is 11.8 Å². The van der Waals surface area contributed by atoms with Gasteiger partial charge >= 0.3 is 0 Å². The number of nitrogens with two attached hydrogens (primary N) is 1. The van der Waals surface area contributed by atoms with Gasteiger partial charge in [-0.1, -0.05) is 6.92 Å². The summed E-state index contributed by atoms with van der Waals surface area (Å²) in [5, 5.41) is 12.1. The Labute approximate surface area is 101 Å². The first-order chi connectivity index (χ1) is 7.63. The highest BCUT2D eigenvalue weighted by atomic mass is 32.2. The van der Waals surface area contributed by atoms with E-state index in [-0.39, 0.29) is 18.6 Å². The maximum Gasteiger partial charge on any atom is 0.234 e. The van der Waals surface area contributed by atoms with Gasteiger partial charge in [0.05, 0.1) is 6.04 Å². The van der Waals surface area contributed by atoms with Crippen molar-refractivity contribution in [3.8, 4) is 0 Å². The van der Waals surface area contributed by atoms with Gasteiger partial charge in [0, 0.05) is 12.6 Å². The average Bonchev–Trinajstić information content (AvgIpc) is 3.05. The fourth-order valence-electron chi connectivity index (χ4n) is 1.38. The number of carbonyl (C=O) groups excluding carboxylic acids is 1. The Morgan fingerprint density at radius 2 is 2.31 bits per heavy atom. The molecule has 1 amide bonds. The lowest BCUT2D eigenvalue weighted by molar-refractivity contribution is -0.120. The van der Waals surface area contributed by atoms with Crippen molar-refractivity contribution in [2.75, 3.05) is 18.1 Å². The molecule has 0 radical (unpaired) electrons. The molecule has 1 aliphatic rings. The zero-order valence-corrected chi connectivity index (χ0v) is 10.6. The minimum atomic E-state index is -0.247. The first-order valence-electron chi connectivity index (χ1n) is 5.87. The third kappa shape index (κ3) is 5.72. The van der Waals surface area contributed by atoms with Crippen LogP contribution in [-0.2, 0) is 4.79 Å². The van der Waals surface area contributed by atoms with Crippen molar-refractivity contribution >= 4 is 17.7 Å². The molecule has 1 saturated carbocycles. The molecule has 0 aromatic carbocycles. The summed E-state index contributed by atoms with van der Waals surface area (Å²) in [7, 11) is 0. The van der Waals surface area contributed by atoms with Crippen LogP contribution in [0, 0.1) is 5.92 Å². The predicted molar refractivity (Wildman–Crippen MR) is 67.3 cm³/mol. The van der Waals surface area contributed by atoms with Crippen molar-refractivity contribution in [2.45, 2.75) is 38.3 Å². The Hall–Kier alpha value is -0.260. The van der Waals surface area contributed by atoms with Gasteiger partial charge in [-0.05, 0) is 36.7 Å². The summed E-state index contributed by atoms with van der Waals surface area (Å²) in [6, 6.07) is 0.336. The highest BCUT2D eigenvalue weighted by molar-refractivity contribution is 7.99. The molecule has 0 aromatic heterocycles. The Bertz CT molecular complexity index is 222. The summed E-state index contributed by atoms with van der Waals surface area (Å²) >= 11 is 1.77. The largest absolute Gasteiger partial charge is 0.396 e. The first kappa shape index (κ1) is 13.8. The summed E-state index contributed by atoms with van der Waals surface area (Å²) in [6.07, 6.45) is 3.12. The Morgan fingerprint density at radius 1 is 1.62 bits per heavy atom. The number of primary amides is 1. The summed E-state index contributed by atoms with van der Waals surface area (Å²) < 4.78 is 0. The Kier molecular flexibility index (Phi) is 6.16. The zero-order valence-electron chi connectivity index (χ0n) is 9.82. The minimum absolute atomic E-state index is 0.176. The monoisotopic (exact) mass is 246 g/mol. The molecule has 0 heterocycles. The van der Waals surface area contributed by atoms with E-state index in [9.17, 15) is 4.79 Å². The summed E-state index contributed by atoms with van der Waals surface area (Å²) in [4.78, 5) is 11.2. The van der Waals surface area contributed by atoms with E-state index in [1.165, 1.54) is 12.8 Å². The Morgan fingerprint density at radius 3 is 2.81 bits per heavy atom. The van der Waals surface area contributed by atoms with Gasteiger partial charge in [-0.25, -0.2) is 0 Å². The first-order valence-corrected chi connectivity index (χ1v) is 7.03. The van der Waals surface area contributed by atoms with Crippen molar-refractivity contribution in [3.63, 3.8) is 0 Å². The molecule has 0 aromatic rings. The molecule has 0 saturated heterocycles. The van der Waals surface area contributed by atoms with Gasteiger partial charge in [-0.2, -0.15) is 11.8 Å². The van der Waals surface area contributed by atoms with E-state index in [0.717, 1.165) is 17.9 Å². The van der Waals surface area contributed by atoms with Crippen molar-refractivity contribution < 1.29 is 9.90 Å². The van der Waals surface area contributed by atoms with E-state index >= 15 is 0 Å². The van der Waals surface area contributed by atoms with Crippen molar-refractivity contribution in [1.29, 1.82) is 0 Å². The number of thioether (sulfide) groups is 1. The number of amides is 1. The molecule has 4 N–H and O–H groups in total. The van der Waals surface area contributed by atoms with E-state index in [2.05, 4.69) is 5.32 Å². The number of rotatable bonds is 9. The van der Waals surface area contributed by atoms with Crippen LogP contribution >= 0.6 is 11.8 Å². The molecule has 0 spiro atoms. The Balaban J connectivity index is 2.09. The number of aliphatic hydroxyl groups excluding tert-OH is 1. The van der Waals surface area contributed by atoms with Crippen molar-refractivity contribution in [1.82, 2.24) is 5.32 Å². The molecular weight excluding hydrogens is 224 g/mol. The van der Waals surface area contributed by atoms with E-state index < -0.39 is 0 Å². The predicted octanol–water partition coefficient (Wildman–Crippen LogP) is 0.344. The van der Waals surface area contributed by atoms with Gasteiger partial charge in [-0.3, -0.25) is 4.79 Å². The SMILES string of the molecule is CC(CO)CSCCC(NC1CC1)C(N)=O. The summed E-state index contributed by atoms with van der Waals surface area (Å²) in [5.74, 6) is 1.93. The molecule has 5 heteroatoms. The lowest BCUT2D eigenvalue weighted by Gasteiger charge is -2.15. The van der Waals surface area contributed by atoms with Crippen LogP contribution in [0.2, 0.25) is 0 Å². The van der Waals surface area contributed by atoms with Crippen LogP contribution in [0.5, 0.6) is 0 Å². The molecule has 1 rings (SSSR count). The highest BCUT2D eigenvalue weighted by Crippen LogP contribution is 2.20. The van der Waals surface area contributed by atoms with E-state index in [0.29, 0.717) is 12.0 Å². The maximum atomic E-state index is 11.2. The molecule has 16 heavy (non-hydrogen) atoms. The van der Waals surface area contributed by atoms with Gasteiger partial charge in [0.2, 0.25) is 5.91 Å². The zero-order chi connectivity index (χ0) is 12.0. The minimum Gasteiger partial charge on any atom is -0.396 e. The van der Waals surface area contributed by atoms with Crippen molar-refractivity contribution in [3.05, 3.63) is 0 Å². The number of nitrogens with one attached hydrogen (secondary N) is 1. The number of carbonyl (C=O) groups is 1. The highest BCUT2D eigenvalue weighted by Gasteiger charge is 2.26. The lowest BCUT2D eigenvalue weighted by Crippen LogP contribution is -2.42. The fraction of sp³-hybridized carbons (Fsp3) is 0.909. The molecule has 94 valence electrons. The van der Waals surface area contributed by atoms with Crippen LogP contribution in [0.15, 0.2) is 0 Å². The van der Waals surface area contributed by atoms with E-state index in [4.69, 9.17) is 10.8 Å². The third-order valence-electron chi connectivity index (χ3n) is 2.62. The average molecular weight is 246 g/mol. The standard InChI is InChI=1S/C11H22N2O2S/c1-8(6-14)7-16-5-4-10(11(12)15)13-9-2-3-9/h8-10,13-14H,2-7H2,1H3,(H2,12,15). The van der Waals surface area contributed by atoms with Crippen LogP contribution in [0.1, 0.15) is 26.2 Å². The lowest BCUT2D eigenvalue weighted by atomic mass is 10.2. The van der Waals surface area contributed by atoms with Crippen LogP contribution in [-0.4, -0.2) is 41.2 Å². The molecule has 2 unspecified atom stereocenters. The van der Waals surface area contributed by atoms with Gasteiger partial charge in [0.15, 0.2) is 0 Å². The smallest absolute Gasteiger partial charge is 0.234 e. The molecule has 0 aliphatic heterocycles. The fourth-order valence-corrected chi connectivity index (χ4v) is 2.46. The second-order valence-electron chi connectivity index (χ2n) is 4.55. The van der Waals surface area contributed by atoms with Crippen molar-refractivity contribution in [2.24, 2.45) is 11.7 Å². The second-order valence-corrected chi connectivity index (χ2v) is 5.70. The quantitative estimate of drug-likeness (QED) is 0.513. The maximum absolute atomic E-state index is 11.2. The number of hydrogen-bond donors (Lipinski definition) is 3.